The number of methoxy groups -OCH3 is 1. The zero-order valence-corrected chi connectivity index (χ0v) is 12.0. The number of carbonyl (C=O) groups excluding carboxylic acids is 1. The minimum absolute atomic E-state index is 0.175. The van der Waals surface area contributed by atoms with Crippen molar-refractivity contribution in [2.45, 2.75) is 58.7 Å². The molecular formula is C13H27NO3. The Bertz CT molecular complexity index is 245. The summed E-state index contributed by atoms with van der Waals surface area (Å²) in [6.07, 6.45) is 1.25. The highest BCUT2D eigenvalue weighted by Crippen LogP contribution is 2.17. The molecule has 2 unspecified atom stereocenters. The zero-order chi connectivity index (χ0) is 13.7. The molecule has 4 nitrogen and oxygen atoms in total. The van der Waals surface area contributed by atoms with Crippen LogP contribution < -0.4 is 5.32 Å². The number of hydrogen-bond acceptors (Lipinski definition) is 3. The minimum Gasteiger partial charge on any atom is -0.388 e. The highest BCUT2D eigenvalue weighted by molar-refractivity contribution is 5.84. The molecule has 0 aromatic heterocycles. The number of ether oxygens (including phenoxy) is 1. The van der Waals surface area contributed by atoms with Crippen LogP contribution >= 0.6 is 0 Å². The van der Waals surface area contributed by atoms with Crippen LogP contribution in [0.5, 0.6) is 0 Å². The van der Waals surface area contributed by atoms with Gasteiger partial charge in [-0.1, -0.05) is 20.8 Å². The maximum absolute atomic E-state index is 11.9. The van der Waals surface area contributed by atoms with E-state index in [1.165, 1.54) is 7.11 Å². The predicted molar refractivity (Wildman–Crippen MR) is 68.8 cm³/mol. The first-order valence-electron chi connectivity index (χ1n) is 6.22. The molecule has 0 heterocycles. The van der Waals surface area contributed by atoms with Crippen molar-refractivity contribution in [1.82, 2.24) is 5.32 Å². The van der Waals surface area contributed by atoms with Gasteiger partial charge in [-0.15, -0.1) is 0 Å². The van der Waals surface area contributed by atoms with E-state index in [4.69, 9.17) is 4.74 Å². The molecule has 0 aliphatic carbocycles. The van der Waals surface area contributed by atoms with E-state index < -0.39 is 11.2 Å². The Hall–Kier alpha value is -0.610. The monoisotopic (exact) mass is 245 g/mol. The fourth-order valence-corrected chi connectivity index (χ4v) is 1.81. The molecule has 2 atom stereocenters. The molecule has 0 radical (unpaired) electrons. The third-order valence-corrected chi connectivity index (χ3v) is 3.08. The Morgan fingerprint density at radius 3 is 2.29 bits per heavy atom. The average molecular weight is 245 g/mol. The second-order valence-electron chi connectivity index (χ2n) is 5.57. The molecule has 0 aliphatic rings. The van der Waals surface area contributed by atoms with E-state index in [1.807, 2.05) is 20.8 Å². The average Bonchev–Trinajstić information content (AvgIpc) is 2.23. The number of rotatable bonds is 7. The van der Waals surface area contributed by atoms with Crippen LogP contribution in [0.3, 0.4) is 0 Å². The van der Waals surface area contributed by atoms with Crippen LogP contribution in [0.2, 0.25) is 0 Å². The highest BCUT2D eigenvalue weighted by Gasteiger charge is 2.32. The molecule has 0 saturated carbocycles. The highest BCUT2D eigenvalue weighted by atomic mass is 16.5. The van der Waals surface area contributed by atoms with Crippen molar-refractivity contribution in [1.29, 1.82) is 0 Å². The lowest BCUT2D eigenvalue weighted by molar-refractivity contribution is -0.143. The van der Waals surface area contributed by atoms with Crippen molar-refractivity contribution < 1.29 is 14.6 Å². The number of aliphatic hydroxyl groups is 1. The maximum Gasteiger partial charge on any atom is 0.252 e. The SMILES string of the molecule is CCC(C)(OC)C(=O)NCC(C)(O)CC(C)C. The predicted octanol–water partition coefficient (Wildman–Crippen LogP) is 1.71. The van der Waals surface area contributed by atoms with E-state index >= 15 is 0 Å². The van der Waals surface area contributed by atoms with E-state index in [0.717, 1.165) is 0 Å². The molecule has 102 valence electrons. The van der Waals surface area contributed by atoms with E-state index in [1.54, 1.807) is 13.8 Å². The first-order valence-corrected chi connectivity index (χ1v) is 6.22. The lowest BCUT2D eigenvalue weighted by Gasteiger charge is -2.30. The Labute approximate surface area is 105 Å². The van der Waals surface area contributed by atoms with Crippen LogP contribution in [0.1, 0.15) is 47.5 Å². The van der Waals surface area contributed by atoms with Crippen molar-refractivity contribution in [3.05, 3.63) is 0 Å². The third kappa shape index (κ3) is 5.50. The molecule has 17 heavy (non-hydrogen) atoms. The molecule has 0 bridgehead atoms. The van der Waals surface area contributed by atoms with E-state index in [-0.39, 0.29) is 12.5 Å². The summed E-state index contributed by atoms with van der Waals surface area (Å²) in [6, 6.07) is 0. The molecule has 0 aromatic carbocycles. The van der Waals surface area contributed by atoms with Crippen molar-refractivity contribution >= 4 is 5.91 Å². The summed E-state index contributed by atoms with van der Waals surface area (Å²) in [5.74, 6) is 0.216. The molecule has 0 aliphatic heterocycles. The van der Waals surface area contributed by atoms with Crippen molar-refractivity contribution in [3.63, 3.8) is 0 Å². The lowest BCUT2D eigenvalue weighted by Crippen LogP contribution is -2.50. The Kier molecular flexibility index (Phi) is 6.13. The lowest BCUT2D eigenvalue weighted by atomic mass is 9.93. The van der Waals surface area contributed by atoms with Gasteiger partial charge in [-0.25, -0.2) is 0 Å². The maximum atomic E-state index is 11.9. The summed E-state index contributed by atoms with van der Waals surface area (Å²) >= 11 is 0. The summed E-state index contributed by atoms with van der Waals surface area (Å²) < 4.78 is 5.20. The number of hydrogen-bond donors (Lipinski definition) is 2. The first kappa shape index (κ1) is 16.4. The fraction of sp³-hybridized carbons (Fsp3) is 0.923. The van der Waals surface area contributed by atoms with Gasteiger partial charge in [0.05, 0.1) is 5.60 Å². The van der Waals surface area contributed by atoms with Gasteiger partial charge in [0, 0.05) is 13.7 Å². The molecule has 0 rings (SSSR count). The standard InChI is InChI=1S/C13H27NO3/c1-7-13(5,17-6)11(15)14-9-12(4,16)8-10(2)3/h10,16H,7-9H2,1-6H3,(H,14,15). The van der Waals surface area contributed by atoms with Crippen LogP contribution in [0.25, 0.3) is 0 Å². The summed E-state index contributed by atoms with van der Waals surface area (Å²) in [7, 11) is 1.52. The Balaban J connectivity index is 4.33. The summed E-state index contributed by atoms with van der Waals surface area (Å²) in [6.45, 7) is 9.73. The molecule has 0 fully saturated rings. The fourth-order valence-electron chi connectivity index (χ4n) is 1.81. The number of carbonyl (C=O) groups is 1. The van der Waals surface area contributed by atoms with Gasteiger partial charge in [0.1, 0.15) is 5.60 Å². The van der Waals surface area contributed by atoms with Crippen LogP contribution in [0.15, 0.2) is 0 Å². The van der Waals surface area contributed by atoms with Crippen molar-refractivity contribution in [3.8, 4) is 0 Å². The van der Waals surface area contributed by atoms with Crippen LogP contribution in [-0.4, -0.2) is 35.9 Å². The molecule has 0 aromatic rings. The number of amides is 1. The molecule has 0 spiro atoms. The van der Waals surface area contributed by atoms with Crippen LogP contribution in [0, 0.1) is 5.92 Å². The first-order chi connectivity index (χ1) is 7.67. The summed E-state index contributed by atoms with van der Waals surface area (Å²) in [5.41, 5.74) is -1.68. The van der Waals surface area contributed by atoms with E-state index in [0.29, 0.717) is 18.8 Å². The normalized spacial score (nSPS) is 18.6. The molecule has 0 saturated heterocycles. The van der Waals surface area contributed by atoms with Crippen molar-refractivity contribution in [2.24, 2.45) is 5.92 Å². The summed E-state index contributed by atoms with van der Waals surface area (Å²) in [4.78, 5) is 11.9. The van der Waals surface area contributed by atoms with Gasteiger partial charge in [0.2, 0.25) is 0 Å². The van der Waals surface area contributed by atoms with Gasteiger partial charge in [-0.05, 0) is 32.6 Å². The molecular weight excluding hydrogens is 218 g/mol. The quantitative estimate of drug-likeness (QED) is 0.718. The van der Waals surface area contributed by atoms with E-state index in [2.05, 4.69) is 5.32 Å². The van der Waals surface area contributed by atoms with Crippen LogP contribution in [0.4, 0.5) is 0 Å². The Morgan fingerprint density at radius 1 is 1.41 bits per heavy atom. The van der Waals surface area contributed by atoms with E-state index in [9.17, 15) is 9.90 Å². The molecule has 1 amide bonds. The molecule has 2 N–H and O–H groups in total. The van der Waals surface area contributed by atoms with Gasteiger partial charge in [0.25, 0.3) is 5.91 Å². The van der Waals surface area contributed by atoms with Gasteiger partial charge in [0.15, 0.2) is 0 Å². The number of nitrogens with one attached hydrogen (secondary N) is 1. The Morgan fingerprint density at radius 2 is 1.94 bits per heavy atom. The molecule has 4 heteroatoms. The largest absolute Gasteiger partial charge is 0.388 e. The topological polar surface area (TPSA) is 58.6 Å². The second-order valence-corrected chi connectivity index (χ2v) is 5.57. The van der Waals surface area contributed by atoms with Gasteiger partial charge in [-0.2, -0.15) is 0 Å². The second kappa shape index (κ2) is 6.36. The zero-order valence-electron chi connectivity index (χ0n) is 12.0. The van der Waals surface area contributed by atoms with Gasteiger partial charge in [-0.3, -0.25) is 4.79 Å². The summed E-state index contributed by atoms with van der Waals surface area (Å²) in [5, 5.41) is 12.8. The van der Waals surface area contributed by atoms with Crippen molar-refractivity contribution in [2.75, 3.05) is 13.7 Å². The van der Waals surface area contributed by atoms with Gasteiger partial charge < -0.3 is 15.2 Å². The third-order valence-electron chi connectivity index (χ3n) is 3.08. The smallest absolute Gasteiger partial charge is 0.252 e. The van der Waals surface area contributed by atoms with Gasteiger partial charge >= 0.3 is 0 Å². The minimum atomic E-state index is -0.869. The van der Waals surface area contributed by atoms with Crippen LogP contribution in [-0.2, 0) is 9.53 Å².